The summed E-state index contributed by atoms with van der Waals surface area (Å²) in [5.74, 6) is 0. The van der Waals surface area contributed by atoms with Crippen LogP contribution in [0.3, 0.4) is 0 Å². The molecule has 6 N–H and O–H groups in total. The molecule has 0 unspecified atom stereocenters. The average molecular weight is 643 g/mol. The molecule has 0 spiro atoms. The van der Waals surface area contributed by atoms with Gasteiger partial charge in [0, 0.05) is 0 Å². The Bertz CT molecular complexity index is 26.5. The monoisotopic (exact) mass is 639 g/mol. The smallest absolute Gasteiger partial charge is 0.344 e. The molecule has 0 aromatic rings. The van der Waals surface area contributed by atoms with Crippen molar-refractivity contribution in [1.82, 2.24) is 12.3 Å². The molecule has 0 fully saturated rings. The largest absolute Gasteiger partial charge is 0.344 e. The molecular weight excluding hydrogens is 635 g/mol. The van der Waals surface area contributed by atoms with Crippen LogP contribution < -0.4 is 12.3 Å². The molecule has 0 rings (SSSR count). The molecule has 0 aromatic carbocycles. The van der Waals surface area contributed by atoms with Gasteiger partial charge in [0.05, 0.1) is 0 Å². The number of hydrogen-bond acceptors (Lipinski definition) is 2. The maximum Gasteiger partial charge on any atom is -0.344 e. The van der Waals surface area contributed by atoms with E-state index < -0.39 is 9.35 Å². The van der Waals surface area contributed by atoms with Crippen molar-refractivity contribution in [2.24, 2.45) is 0 Å². The van der Waals surface area contributed by atoms with E-state index in [9.17, 15) is 0 Å². The second-order valence-corrected chi connectivity index (χ2v) is 63.4. The quantitative estimate of drug-likeness (QED) is 0.383. The summed E-state index contributed by atoms with van der Waals surface area (Å²) in [6.45, 7) is 0. The van der Waals surface area contributed by atoms with Crippen molar-refractivity contribution in [2.45, 2.75) is 0 Å². The van der Waals surface area contributed by atoms with Gasteiger partial charge in [-0.1, -0.05) is 0 Å². The van der Waals surface area contributed by atoms with Crippen LogP contribution in [0.15, 0.2) is 0 Å². The summed E-state index contributed by atoms with van der Waals surface area (Å²) >= 11 is 13.3. The molecule has 2 nitrogen and oxygen atoms in total. The van der Waals surface area contributed by atoms with Crippen LogP contribution in [-0.2, 0) is 0 Å². The minimum Gasteiger partial charge on any atom is -0.344 e. The van der Waals surface area contributed by atoms with Gasteiger partial charge in [-0.2, -0.15) is 0 Å². The van der Waals surface area contributed by atoms with Gasteiger partial charge in [0.1, 0.15) is 0 Å². The van der Waals surface area contributed by atoms with Crippen LogP contribution in [0.25, 0.3) is 0 Å². The molecule has 0 aromatic heterocycles. The van der Waals surface area contributed by atoms with Crippen LogP contribution >= 0.6 is 85.0 Å². The first kappa shape index (κ1) is 29.4. The summed E-state index contributed by atoms with van der Waals surface area (Å²) < 4.78 is 0. The van der Waals surface area contributed by atoms with Crippen molar-refractivity contribution < 1.29 is 0 Å². The summed E-state index contributed by atoms with van der Waals surface area (Å²) in [4.78, 5) is 0. The van der Waals surface area contributed by atoms with Gasteiger partial charge in [-0.15, -0.1) is 34.0 Å². The fraction of sp³-hybridized carbons (Fsp3) is 0. The topological polar surface area (TPSA) is 70.0 Å². The first-order chi connectivity index (χ1) is 2.00. The van der Waals surface area contributed by atoms with Gasteiger partial charge in [-0.25, -0.2) is 0 Å². The third-order valence-electron chi connectivity index (χ3n) is 0. The van der Waals surface area contributed by atoms with Crippen molar-refractivity contribution in [2.75, 3.05) is 0 Å². The van der Waals surface area contributed by atoms with E-state index in [0.29, 0.717) is 0 Å². The van der Waals surface area contributed by atoms with Crippen LogP contribution in [-0.4, -0.2) is 9.35 Å². The van der Waals surface area contributed by atoms with Crippen LogP contribution in [0.1, 0.15) is 0 Å². The van der Waals surface area contributed by atoms with Crippen LogP contribution in [0.5, 0.6) is 0 Å². The third-order valence-corrected chi connectivity index (χ3v) is 0. The van der Waals surface area contributed by atoms with Gasteiger partial charge in [0.2, 0.25) is 0 Å². The van der Waals surface area contributed by atoms with Crippen molar-refractivity contribution in [3.63, 3.8) is 0 Å². The molecular formula is H8Br6N2Te. The van der Waals surface area contributed by atoms with E-state index in [2.05, 4.69) is 51.0 Å². The Labute approximate surface area is 104 Å². The van der Waals surface area contributed by atoms with Crippen molar-refractivity contribution in [3.05, 3.63) is 0 Å². The number of hydrogen-bond donors (Lipinski definition) is 2. The molecule has 0 aliphatic rings. The van der Waals surface area contributed by atoms with Crippen LogP contribution in [0.2, 0.25) is 0 Å². The Morgan fingerprint density at radius 3 is 0.667 bits per heavy atom. The minimum absolute atomic E-state index is 0. The first-order valence-electron chi connectivity index (χ1n) is 0.617. The zero-order chi connectivity index (χ0) is 4.50. The summed E-state index contributed by atoms with van der Waals surface area (Å²) in [5.41, 5.74) is 0. The second kappa shape index (κ2) is 14.1. The molecule has 0 saturated heterocycles. The predicted octanol–water partition coefficient (Wildman–Crippen LogP) is 4.48. The molecule has 0 amide bonds. The Hall–Kier alpha value is 3.59. The van der Waals surface area contributed by atoms with E-state index in [4.69, 9.17) is 0 Å². The second-order valence-electron chi connectivity index (χ2n) is 0.350. The number of halogens is 6. The normalized spacial score (nSPS) is 8.44. The summed E-state index contributed by atoms with van der Waals surface area (Å²) in [6.07, 6.45) is 0. The van der Waals surface area contributed by atoms with Gasteiger partial charge in [-0.3, -0.25) is 0 Å². The first-order valence-corrected chi connectivity index (χ1v) is 21.5. The molecule has 0 heterocycles. The standard InChI is InChI=1S/Br4Te.2BrH.2H3N/c1-5(2,3)4;;;;/h;2*1H;2*1H3. The number of rotatable bonds is 0. The van der Waals surface area contributed by atoms with Crippen LogP contribution in [0, 0.1) is 0 Å². The Balaban J connectivity index is -0.0000000133. The molecule has 66 valence electrons. The molecule has 0 radical (unpaired) electrons. The van der Waals surface area contributed by atoms with E-state index in [1.165, 1.54) is 0 Å². The summed E-state index contributed by atoms with van der Waals surface area (Å²) in [5, 5.41) is 0. The minimum atomic E-state index is -1.77. The maximum absolute atomic E-state index is 3.32. The van der Waals surface area contributed by atoms with Gasteiger partial charge in [0.15, 0.2) is 0 Å². The Kier molecular flexibility index (Phi) is 46.1. The van der Waals surface area contributed by atoms with Gasteiger partial charge in [0.25, 0.3) is 0 Å². The molecule has 0 aliphatic heterocycles. The summed E-state index contributed by atoms with van der Waals surface area (Å²) in [6, 6.07) is 0. The van der Waals surface area contributed by atoms with Crippen molar-refractivity contribution in [1.29, 1.82) is 0 Å². The van der Waals surface area contributed by atoms with E-state index in [-0.39, 0.29) is 46.3 Å². The van der Waals surface area contributed by atoms with E-state index in [0.717, 1.165) is 0 Å². The predicted molar refractivity (Wildman–Crippen MR) is 72.2 cm³/mol. The zero-order valence-corrected chi connectivity index (χ0v) is 16.3. The molecule has 0 bridgehead atoms. The average Bonchev–Trinajstić information content (AvgIpc) is 0.722. The Morgan fingerprint density at radius 1 is 0.667 bits per heavy atom. The van der Waals surface area contributed by atoms with Gasteiger partial charge in [-0.05, 0) is 0 Å². The maximum atomic E-state index is 3.32. The summed E-state index contributed by atoms with van der Waals surface area (Å²) in [7, 11) is -1.77. The molecule has 0 saturated carbocycles. The van der Waals surface area contributed by atoms with E-state index in [1.807, 2.05) is 0 Å². The van der Waals surface area contributed by atoms with Gasteiger partial charge >= 0.3 is 60.4 Å². The fourth-order valence-corrected chi connectivity index (χ4v) is 0. The SMILES string of the molecule is Br.Br.Br[Te](Br)(Br)Br.N.N. The fourth-order valence-electron chi connectivity index (χ4n) is 0. The molecule has 9 heteroatoms. The molecule has 0 aliphatic carbocycles. The molecule has 0 atom stereocenters. The van der Waals surface area contributed by atoms with E-state index >= 15 is 0 Å². The zero-order valence-electron chi connectivity index (χ0n) is 4.15. The van der Waals surface area contributed by atoms with E-state index in [1.54, 1.807) is 0 Å². The van der Waals surface area contributed by atoms with Gasteiger partial charge < -0.3 is 12.3 Å². The van der Waals surface area contributed by atoms with Crippen LogP contribution in [0.4, 0.5) is 0 Å². The Morgan fingerprint density at radius 2 is 0.667 bits per heavy atom. The molecule has 9 heavy (non-hydrogen) atoms. The van der Waals surface area contributed by atoms with Crippen molar-refractivity contribution in [3.8, 4) is 0 Å². The van der Waals surface area contributed by atoms with Crippen molar-refractivity contribution >= 4 is 94.3 Å². The third kappa shape index (κ3) is 82.7.